The lowest BCUT2D eigenvalue weighted by Gasteiger charge is -2.35. The van der Waals surface area contributed by atoms with Crippen molar-refractivity contribution in [2.45, 2.75) is 11.4 Å². The van der Waals surface area contributed by atoms with E-state index in [9.17, 15) is 13.2 Å². The van der Waals surface area contributed by atoms with Gasteiger partial charge in [-0.05, 0) is 18.2 Å². The molecule has 0 radical (unpaired) electrons. The molecule has 0 atom stereocenters. The number of piperazine rings is 1. The van der Waals surface area contributed by atoms with E-state index in [0.717, 1.165) is 32.0 Å². The molecule has 31 heavy (non-hydrogen) atoms. The van der Waals surface area contributed by atoms with Gasteiger partial charge in [0.1, 0.15) is 22.0 Å². The third-order valence-corrected chi connectivity index (χ3v) is 7.42. The maximum atomic E-state index is 12.7. The number of nitrogens with zero attached hydrogens (tertiary/aromatic N) is 4. The Hall–Kier alpha value is -2.47. The molecule has 4 rings (SSSR count). The molecule has 11 heteroatoms. The van der Waals surface area contributed by atoms with Crippen molar-refractivity contribution in [3.63, 3.8) is 0 Å². The Kier molecular flexibility index (Phi) is 6.56. The van der Waals surface area contributed by atoms with Crippen LogP contribution in [0.2, 0.25) is 0 Å². The predicted octanol–water partition coefficient (Wildman–Crippen LogP) is 0.804. The summed E-state index contributed by atoms with van der Waals surface area (Å²) in [7, 11) is -2.20. The van der Waals surface area contributed by atoms with E-state index in [1.54, 1.807) is 18.2 Å². The molecule has 0 amide bonds. The molecule has 0 spiro atoms. The number of esters is 1. The molecule has 168 valence electrons. The average Bonchev–Trinajstić information content (AvgIpc) is 3.28. The number of anilines is 1. The molecule has 0 saturated carbocycles. The molecule has 0 bridgehead atoms. The van der Waals surface area contributed by atoms with Crippen molar-refractivity contribution in [3.8, 4) is 0 Å². The van der Waals surface area contributed by atoms with E-state index in [1.165, 1.54) is 23.9 Å². The van der Waals surface area contributed by atoms with Gasteiger partial charge in [-0.3, -0.25) is 4.90 Å². The molecule has 0 aromatic carbocycles. The fourth-order valence-corrected chi connectivity index (χ4v) is 5.10. The van der Waals surface area contributed by atoms with Crippen molar-refractivity contribution in [1.82, 2.24) is 14.2 Å². The Morgan fingerprint density at radius 3 is 2.48 bits per heavy atom. The Morgan fingerprint density at radius 2 is 1.84 bits per heavy atom. The van der Waals surface area contributed by atoms with Crippen LogP contribution >= 0.6 is 0 Å². The molecule has 2 aliphatic heterocycles. The van der Waals surface area contributed by atoms with Crippen LogP contribution in [0.25, 0.3) is 0 Å². The molecular weight excluding hydrogens is 424 g/mol. The van der Waals surface area contributed by atoms with E-state index in [-0.39, 0.29) is 4.90 Å². The van der Waals surface area contributed by atoms with Crippen LogP contribution in [-0.2, 0) is 26.0 Å². The largest absolute Gasteiger partial charge is 0.467 e. The molecule has 4 heterocycles. The third kappa shape index (κ3) is 4.74. The summed E-state index contributed by atoms with van der Waals surface area (Å²) in [6.07, 6.45) is 2.92. The van der Waals surface area contributed by atoms with Gasteiger partial charge in [0, 0.05) is 45.5 Å². The zero-order valence-corrected chi connectivity index (χ0v) is 18.2. The number of carbonyl (C=O) groups is 1. The zero-order chi connectivity index (χ0) is 21.8. The summed E-state index contributed by atoms with van der Waals surface area (Å²) >= 11 is 0. The highest BCUT2D eigenvalue weighted by atomic mass is 32.2. The first-order valence-electron chi connectivity index (χ1n) is 10.1. The highest BCUT2D eigenvalue weighted by molar-refractivity contribution is 7.89. The number of rotatable bonds is 6. The van der Waals surface area contributed by atoms with Crippen LogP contribution in [0.5, 0.6) is 0 Å². The van der Waals surface area contributed by atoms with Crippen LogP contribution in [0, 0.1) is 0 Å². The van der Waals surface area contributed by atoms with Gasteiger partial charge in [0.2, 0.25) is 10.0 Å². The van der Waals surface area contributed by atoms with Crippen molar-refractivity contribution in [2.75, 3.05) is 64.5 Å². The van der Waals surface area contributed by atoms with Gasteiger partial charge < -0.3 is 18.8 Å². The van der Waals surface area contributed by atoms with Gasteiger partial charge in [0.25, 0.3) is 0 Å². The van der Waals surface area contributed by atoms with Crippen molar-refractivity contribution in [2.24, 2.45) is 0 Å². The van der Waals surface area contributed by atoms with E-state index in [1.807, 2.05) is 0 Å². The lowest BCUT2D eigenvalue weighted by molar-refractivity contribution is 0.0596. The van der Waals surface area contributed by atoms with E-state index < -0.39 is 16.0 Å². The summed E-state index contributed by atoms with van der Waals surface area (Å²) in [6.45, 7) is 5.05. The van der Waals surface area contributed by atoms with Gasteiger partial charge >= 0.3 is 5.97 Å². The molecule has 0 unspecified atom stereocenters. The number of aromatic nitrogens is 1. The summed E-state index contributed by atoms with van der Waals surface area (Å²) in [6, 6.07) is 4.99. The molecule has 10 nitrogen and oxygen atoms in total. The minimum atomic E-state index is -3.54. The average molecular weight is 451 g/mol. The predicted molar refractivity (Wildman–Crippen MR) is 111 cm³/mol. The number of morpholine rings is 1. The summed E-state index contributed by atoms with van der Waals surface area (Å²) in [5.41, 5.74) is 0.448. The van der Waals surface area contributed by atoms with Crippen LogP contribution in [0.3, 0.4) is 0 Å². The first-order valence-corrected chi connectivity index (χ1v) is 11.6. The van der Waals surface area contributed by atoms with E-state index in [2.05, 4.69) is 14.8 Å². The molecule has 2 aromatic heterocycles. The van der Waals surface area contributed by atoms with Gasteiger partial charge in [-0.25, -0.2) is 18.2 Å². The Bertz CT molecular complexity index is 993. The molecule has 2 aliphatic rings. The van der Waals surface area contributed by atoms with Crippen molar-refractivity contribution >= 4 is 21.8 Å². The number of furan rings is 1. The monoisotopic (exact) mass is 450 g/mol. The summed E-state index contributed by atoms with van der Waals surface area (Å²) < 4.78 is 42.4. The van der Waals surface area contributed by atoms with E-state index in [0.29, 0.717) is 44.2 Å². The van der Waals surface area contributed by atoms with Gasteiger partial charge in [0.05, 0.1) is 33.1 Å². The first-order chi connectivity index (χ1) is 15.0. The number of carbonyl (C=O) groups excluding carboxylic acids is 1. The lowest BCUT2D eigenvalue weighted by Crippen LogP contribution is -2.46. The smallest absolute Gasteiger partial charge is 0.341 e. The second kappa shape index (κ2) is 9.35. The molecule has 2 aromatic rings. The topological polar surface area (TPSA) is 105 Å². The highest BCUT2D eigenvalue weighted by Gasteiger charge is 2.27. The first kappa shape index (κ1) is 21.8. The van der Waals surface area contributed by atoms with E-state index >= 15 is 0 Å². The van der Waals surface area contributed by atoms with Gasteiger partial charge in [0.15, 0.2) is 0 Å². The molecule has 0 aliphatic carbocycles. The van der Waals surface area contributed by atoms with Crippen LogP contribution in [-0.4, -0.2) is 88.2 Å². The number of hydrogen-bond donors (Lipinski definition) is 0. The van der Waals surface area contributed by atoms with Crippen molar-refractivity contribution < 1.29 is 27.1 Å². The zero-order valence-electron chi connectivity index (χ0n) is 17.4. The Labute approximate surface area is 181 Å². The van der Waals surface area contributed by atoms with Gasteiger partial charge in [-0.1, -0.05) is 0 Å². The molecule has 2 fully saturated rings. The van der Waals surface area contributed by atoms with Crippen LogP contribution in [0.4, 0.5) is 5.82 Å². The fraction of sp³-hybridized carbons (Fsp3) is 0.500. The maximum absolute atomic E-state index is 12.7. The Morgan fingerprint density at radius 1 is 1.10 bits per heavy atom. The third-order valence-electron chi connectivity index (χ3n) is 5.54. The fourth-order valence-electron chi connectivity index (χ4n) is 3.74. The standard InChI is InChI=1S/C20H26N4O6S/c1-28-20(25)17-4-11-30-18(17)15-22-5-7-23(8-6-22)19-3-2-16(14-21-19)31(26,27)24-9-12-29-13-10-24/h2-4,11,14H,5-10,12-13,15H2,1H3. The minimum absolute atomic E-state index is 0.199. The van der Waals surface area contributed by atoms with Crippen LogP contribution < -0.4 is 4.90 Å². The lowest BCUT2D eigenvalue weighted by atomic mass is 10.2. The second-order valence-electron chi connectivity index (χ2n) is 7.38. The van der Waals surface area contributed by atoms with Crippen molar-refractivity contribution in [3.05, 3.63) is 42.0 Å². The summed E-state index contributed by atoms with van der Waals surface area (Å²) in [4.78, 5) is 20.7. The normalized spacial score (nSPS) is 18.8. The Balaban J connectivity index is 1.35. The van der Waals surface area contributed by atoms with Gasteiger partial charge in [-0.2, -0.15) is 4.31 Å². The van der Waals surface area contributed by atoms with Crippen LogP contribution in [0.15, 0.2) is 40.0 Å². The van der Waals surface area contributed by atoms with Crippen molar-refractivity contribution in [1.29, 1.82) is 0 Å². The SMILES string of the molecule is COC(=O)c1ccoc1CN1CCN(c2ccc(S(=O)(=O)N3CCOCC3)cn2)CC1. The quantitative estimate of drug-likeness (QED) is 0.591. The summed E-state index contributed by atoms with van der Waals surface area (Å²) in [5.74, 6) is 0.934. The number of ether oxygens (including phenoxy) is 2. The maximum Gasteiger partial charge on any atom is 0.341 e. The molecule has 0 N–H and O–H groups in total. The number of pyridine rings is 1. The number of sulfonamides is 1. The van der Waals surface area contributed by atoms with Crippen LogP contribution in [0.1, 0.15) is 16.1 Å². The van der Waals surface area contributed by atoms with Gasteiger partial charge in [-0.15, -0.1) is 0 Å². The highest BCUT2D eigenvalue weighted by Crippen LogP contribution is 2.21. The molecular formula is C20H26N4O6S. The van der Waals surface area contributed by atoms with E-state index in [4.69, 9.17) is 13.9 Å². The number of methoxy groups -OCH3 is 1. The second-order valence-corrected chi connectivity index (χ2v) is 9.32. The molecule has 2 saturated heterocycles. The summed E-state index contributed by atoms with van der Waals surface area (Å²) in [5, 5.41) is 0. The number of hydrogen-bond acceptors (Lipinski definition) is 9. The minimum Gasteiger partial charge on any atom is -0.467 e.